The van der Waals surface area contributed by atoms with Crippen molar-refractivity contribution in [1.82, 2.24) is 0 Å². The Hall–Kier alpha value is -2.45. The van der Waals surface area contributed by atoms with Crippen LogP contribution in [0.5, 0.6) is 5.75 Å². The van der Waals surface area contributed by atoms with Crippen molar-refractivity contribution < 1.29 is 4.74 Å². The monoisotopic (exact) mass is 345 g/mol. The minimum absolute atomic E-state index is 0.0662. The van der Waals surface area contributed by atoms with E-state index in [1.165, 1.54) is 27.2 Å². The van der Waals surface area contributed by atoms with Crippen molar-refractivity contribution in [3.63, 3.8) is 0 Å². The van der Waals surface area contributed by atoms with Crippen LogP contribution < -0.4 is 4.74 Å². The van der Waals surface area contributed by atoms with Crippen molar-refractivity contribution in [2.45, 2.75) is 5.25 Å². The lowest BCUT2D eigenvalue weighted by Crippen LogP contribution is -2.19. The molecule has 2 atom stereocenters. The fourth-order valence-corrected chi connectivity index (χ4v) is 5.70. The Morgan fingerprint density at radius 2 is 1.52 bits per heavy atom. The molecule has 0 N–H and O–H groups in total. The molecule has 1 aliphatic rings. The summed E-state index contributed by atoms with van der Waals surface area (Å²) in [4.78, 5) is 1.42. The van der Waals surface area contributed by atoms with Gasteiger partial charge in [-0.05, 0) is 29.8 Å². The summed E-state index contributed by atoms with van der Waals surface area (Å²) in [5, 5.41) is 0.353. The highest BCUT2D eigenvalue weighted by atomic mass is 32.2. The van der Waals surface area contributed by atoms with Gasteiger partial charge in [-0.15, -0.1) is 0 Å². The van der Waals surface area contributed by atoms with E-state index < -0.39 is 0 Å². The van der Waals surface area contributed by atoms with Crippen LogP contribution in [-0.4, -0.2) is 13.4 Å². The van der Waals surface area contributed by atoms with Gasteiger partial charge in [0.1, 0.15) is 12.0 Å². The number of methoxy groups -OCH3 is 1. The SMILES string of the molecule is COc1ccc2c(c1)C(c1ccccc1)[S+](C)C(c1ccccc1)=C2. The van der Waals surface area contributed by atoms with Gasteiger partial charge in [0.2, 0.25) is 0 Å². The summed E-state index contributed by atoms with van der Waals surface area (Å²) in [5.74, 6) is 0.924. The highest BCUT2D eigenvalue weighted by Crippen LogP contribution is 2.45. The first-order chi connectivity index (χ1) is 12.3. The van der Waals surface area contributed by atoms with Gasteiger partial charge in [-0.1, -0.05) is 54.6 Å². The van der Waals surface area contributed by atoms with Crippen molar-refractivity contribution in [3.05, 3.63) is 101 Å². The van der Waals surface area contributed by atoms with Crippen molar-refractivity contribution in [2.75, 3.05) is 13.4 Å². The Balaban J connectivity index is 1.91. The van der Waals surface area contributed by atoms with Gasteiger partial charge in [0.25, 0.3) is 0 Å². The maximum absolute atomic E-state index is 5.49. The predicted octanol–water partition coefficient (Wildman–Crippen LogP) is 5.54. The zero-order chi connectivity index (χ0) is 17.2. The quantitative estimate of drug-likeness (QED) is 0.566. The molecule has 0 aliphatic carbocycles. The van der Waals surface area contributed by atoms with E-state index in [2.05, 4.69) is 91.2 Å². The third-order valence-corrected chi connectivity index (χ3v) is 7.00. The molecule has 0 radical (unpaired) electrons. The van der Waals surface area contributed by atoms with Gasteiger partial charge in [0, 0.05) is 33.7 Å². The topological polar surface area (TPSA) is 9.23 Å². The lowest BCUT2D eigenvalue weighted by Gasteiger charge is -2.25. The Bertz CT molecular complexity index is 900. The van der Waals surface area contributed by atoms with Crippen molar-refractivity contribution in [3.8, 4) is 5.75 Å². The van der Waals surface area contributed by atoms with Crippen LogP contribution >= 0.6 is 0 Å². The second kappa shape index (κ2) is 6.81. The molecule has 0 aromatic heterocycles. The van der Waals surface area contributed by atoms with Gasteiger partial charge in [-0.3, -0.25) is 0 Å². The van der Waals surface area contributed by atoms with E-state index in [4.69, 9.17) is 4.74 Å². The lowest BCUT2D eigenvalue weighted by atomic mass is 9.97. The van der Waals surface area contributed by atoms with Crippen LogP contribution in [0.2, 0.25) is 0 Å². The third kappa shape index (κ3) is 2.98. The van der Waals surface area contributed by atoms with E-state index in [0.29, 0.717) is 5.25 Å². The van der Waals surface area contributed by atoms with Crippen molar-refractivity contribution >= 4 is 21.9 Å². The Morgan fingerprint density at radius 3 is 2.20 bits per heavy atom. The van der Waals surface area contributed by atoms with Gasteiger partial charge in [-0.2, -0.15) is 0 Å². The standard InChI is InChI=1S/C23H21OS/c1-24-20-14-13-19-15-22(17-9-5-3-6-10-17)25(2)23(21(19)16-20)18-11-7-4-8-12-18/h3-16,23H,1-2H3/q+1. The molecule has 0 saturated heterocycles. The van der Waals surface area contributed by atoms with E-state index in [1.54, 1.807) is 7.11 Å². The minimum atomic E-state index is 0.0662. The molecule has 0 amide bonds. The van der Waals surface area contributed by atoms with Crippen LogP contribution in [0.15, 0.2) is 78.9 Å². The average Bonchev–Trinajstić information content (AvgIpc) is 2.68. The van der Waals surface area contributed by atoms with Crippen molar-refractivity contribution in [1.29, 1.82) is 0 Å². The Labute approximate surface area is 152 Å². The van der Waals surface area contributed by atoms with Gasteiger partial charge in [-0.25, -0.2) is 0 Å². The fourth-order valence-electron chi connectivity index (χ4n) is 3.47. The summed E-state index contributed by atoms with van der Waals surface area (Å²) in [6.45, 7) is 0. The molecule has 3 aromatic carbocycles. The van der Waals surface area contributed by atoms with Crippen LogP contribution in [0.3, 0.4) is 0 Å². The van der Waals surface area contributed by atoms with Crippen LogP contribution in [0, 0.1) is 0 Å². The molecule has 2 unspecified atom stereocenters. The smallest absolute Gasteiger partial charge is 0.174 e. The Kier molecular flexibility index (Phi) is 4.37. The van der Waals surface area contributed by atoms with Gasteiger partial charge in [0.15, 0.2) is 10.2 Å². The molecule has 1 aliphatic heterocycles. The summed E-state index contributed by atoms with van der Waals surface area (Å²) in [5.41, 5.74) is 5.33. The lowest BCUT2D eigenvalue weighted by molar-refractivity contribution is 0.414. The molecule has 25 heavy (non-hydrogen) atoms. The average molecular weight is 345 g/mol. The zero-order valence-corrected chi connectivity index (χ0v) is 15.3. The highest BCUT2D eigenvalue weighted by Gasteiger charge is 2.39. The molecule has 0 bridgehead atoms. The maximum Gasteiger partial charge on any atom is 0.174 e. The van der Waals surface area contributed by atoms with E-state index >= 15 is 0 Å². The number of hydrogen-bond acceptors (Lipinski definition) is 1. The number of rotatable bonds is 3. The normalized spacial score (nSPS) is 19.0. The fraction of sp³-hybridized carbons (Fsp3) is 0.130. The molecular formula is C23H21OS+. The van der Waals surface area contributed by atoms with Crippen LogP contribution in [0.25, 0.3) is 11.0 Å². The number of benzene rings is 3. The molecule has 124 valence electrons. The molecule has 0 fully saturated rings. The van der Waals surface area contributed by atoms with Crippen LogP contribution in [0.4, 0.5) is 0 Å². The molecule has 1 heterocycles. The maximum atomic E-state index is 5.49. The minimum Gasteiger partial charge on any atom is -0.497 e. The highest BCUT2D eigenvalue weighted by molar-refractivity contribution is 8.05. The summed E-state index contributed by atoms with van der Waals surface area (Å²) < 4.78 is 5.49. The van der Waals surface area contributed by atoms with Crippen LogP contribution in [0.1, 0.15) is 27.5 Å². The van der Waals surface area contributed by atoms with E-state index in [0.717, 1.165) is 5.75 Å². The molecule has 2 heteroatoms. The molecular weight excluding hydrogens is 324 g/mol. The second-order valence-electron chi connectivity index (χ2n) is 6.22. The molecule has 0 spiro atoms. The summed E-state index contributed by atoms with van der Waals surface area (Å²) in [6, 6.07) is 28.0. The van der Waals surface area contributed by atoms with Gasteiger partial charge >= 0.3 is 0 Å². The molecule has 0 saturated carbocycles. The number of ether oxygens (including phenoxy) is 1. The molecule has 3 aromatic rings. The molecule has 1 nitrogen and oxygen atoms in total. The summed E-state index contributed by atoms with van der Waals surface area (Å²) in [6.07, 6.45) is 4.71. The third-order valence-electron chi connectivity index (χ3n) is 4.72. The Morgan fingerprint density at radius 1 is 0.840 bits per heavy atom. The molecule has 4 rings (SSSR count). The van der Waals surface area contributed by atoms with E-state index in [9.17, 15) is 0 Å². The largest absolute Gasteiger partial charge is 0.497 e. The van der Waals surface area contributed by atoms with E-state index in [1.807, 2.05) is 0 Å². The zero-order valence-electron chi connectivity index (χ0n) is 14.5. The second-order valence-corrected chi connectivity index (χ2v) is 8.24. The number of hydrogen-bond donors (Lipinski definition) is 0. The summed E-state index contributed by atoms with van der Waals surface area (Å²) in [7, 11) is 1.80. The van der Waals surface area contributed by atoms with Gasteiger partial charge < -0.3 is 4.74 Å². The first-order valence-corrected chi connectivity index (χ1v) is 10.1. The summed E-state index contributed by atoms with van der Waals surface area (Å²) >= 11 is 0. The predicted molar refractivity (Wildman–Crippen MR) is 109 cm³/mol. The first-order valence-electron chi connectivity index (χ1n) is 8.42. The number of fused-ring (bicyclic) bond motifs is 1. The first kappa shape index (κ1) is 16.0. The van der Waals surface area contributed by atoms with Gasteiger partial charge in [0.05, 0.1) is 7.11 Å². The van der Waals surface area contributed by atoms with Crippen molar-refractivity contribution in [2.24, 2.45) is 0 Å². The van der Waals surface area contributed by atoms with Crippen LogP contribution in [-0.2, 0) is 10.9 Å². The van der Waals surface area contributed by atoms with E-state index in [-0.39, 0.29) is 10.9 Å².